The summed E-state index contributed by atoms with van der Waals surface area (Å²) in [7, 11) is 0. The van der Waals surface area contributed by atoms with Crippen LogP contribution in [0.2, 0.25) is 0 Å². The molecule has 0 spiro atoms. The molecule has 0 saturated carbocycles. The average Bonchev–Trinajstić information content (AvgIpc) is 2.79. The lowest BCUT2D eigenvalue weighted by Gasteiger charge is -2.37. The summed E-state index contributed by atoms with van der Waals surface area (Å²) >= 11 is 3.47. The predicted octanol–water partition coefficient (Wildman–Crippen LogP) is 2.83. The summed E-state index contributed by atoms with van der Waals surface area (Å²) in [5, 5.41) is 0. The maximum absolute atomic E-state index is 12.7. The summed E-state index contributed by atoms with van der Waals surface area (Å²) < 4.78 is 3.04. The number of aromatic nitrogens is 1. The van der Waals surface area contributed by atoms with Gasteiger partial charge < -0.3 is 9.47 Å². The first-order chi connectivity index (χ1) is 9.52. The number of carbonyl (C=O) groups is 1. The summed E-state index contributed by atoms with van der Waals surface area (Å²) in [5.41, 5.74) is 0.803. The average molecular weight is 342 g/mol. The van der Waals surface area contributed by atoms with Crippen molar-refractivity contribution in [1.29, 1.82) is 0 Å². The molecule has 0 N–H and O–H groups in total. The second-order valence-corrected chi connectivity index (χ2v) is 6.57. The van der Waals surface area contributed by atoms with Gasteiger partial charge in [-0.05, 0) is 42.3 Å². The molecule has 20 heavy (non-hydrogen) atoms. The Morgan fingerprint density at radius 3 is 2.50 bits per heavy atom. The van der Waals surface area contributed by atoms with Gasteiger partial charge >= 0.3 is 0 Å². The number of carbonyl (C=O) groups excluding carboxylic acids is 1. The fourth-order valence-corrected chi connectivity index (χ4v) is 3.15. The summed E-state index contributed by atoms with van der Waals surface area (Å²) in [6.45, 7) is 11.0. The normalized spacial score (nSPS) is 16.9. The molecule has 0 aromatic carbocycles. The molecule has 2 rings (SSSR count). The van der Waals surface area contributed by atoms with E-state index in [0.29, 0.717) is 6.04 Å². The number of rotatable bonds is 4. The zero-order valence-corrected chi connectivity index (χ0v) is 14.2. The summed E-state index contributed by atoms with van der Waals surface area (Å²) in [6.07, 6.45) is 3.03. The Labute approximate surface area is 129 Å². The Morgan fingerprint density at radius 2 is 1.95 bits per heavy atom. The predicted molar refractivity (Wildman–Crippen MR) is 85.0 cm³/mol. The van der Waals surface area contributed by atoms with Crippen LogP contribution in [0.25, 0.3) is 0 Å². The highest BCUT2D eigenvalue weighted by atomic mass is 79.9. The maximum Gasteiger partial charge on any atom is 0.270 e. The Morgan fingerprint density at radius 1 is 1.30 bits per heavy atom. The van der Waals surface area contributed by atoms with Crippen molar-refractivity contribution in [1.82, 2.24) is 14.4 Å². The minimum atomic E-state index is 0.160. The van der Waals surface area contributed by atoms with E-state index in [-0.39, 0.29) is 5.91 Å². The van der Waals surface area contributed by atoms with Crippen LogP contribution in [0, 0.1) is 0 Å². The molecule has 1 amide bonds. The van der Waals surface area contributed by atoms with Crippen LogP contribution in [0.5, 0.6) is 0 Å². The lowest BCUT2D eigenvalue weighted by Crippen LogP contribution is -2.51. The number of piperazine rings is 1. The van der Waals surface area contributed by atoms with Crippen LogP contribution in [0.1, 0.15) is 37.7 Å². The van der Waals surface area contributed by atoms with E-state index in [0.717, 1.165) is 49.3 Å². The largest absolute Gasteiger partial charge is 0.342 e. The fraction of sp³-hybridized carbons (Fsp3) is 0.667. The van der Waals surface area contributed by atoms with E-state index in [2.05, 4.69) is 46.2 Å². The van der Waals surface area contributed by atoms with Crippen molar-refractivity contribution in [3.63, 3.8) is 0 Å². The van der Waals surface area contributed by atoms with Gasteiger partial charge in [0.25, 0.3) is 5.91 Å². The van der Waals surface area contributed by atoms with E-state index in [1.165, 1.54) is 0 Å². The van der Waals surface area contributed by atoms with E-state index < -0.39 is 0 Å². The molecule has 4 nitrogen and oxygen atoms in total. The molecule has 0 radical (unpaired) electrons. The van der Waals surface area contributed by atoms with Gasteiger partial charge in [-0.2, -0.15) is 0 Å². The third-order valence-electron chi connectivity index (χ3n) is 3.88. The molecule has 1 aromatic rings. The van der Waals surface area contributed by atoms with Gasteiger partial charge in [-0.15, -0.1) is 0 Å². The first kappa shape index (κ1) is 15.6. The molecule has 112 valence electrons. The van der Waals surface area contributed by atoms with Crippen molar-refractivity contribution in [2.24, 2.45) is 0 Å². The van der Waals surface area contributed by atoms with Gasteiger partial charge in [0.15, 0.2) is 0 Å². The third-order valence-corrected chi connectivity index (χ3v) is 4.31. The number of amides is 1. The van der Waals surface area contributed by atoms with Crippen molar-refractivity contribution < 1.29 is 4.79 Å². The van der Waals surface area contributed by atoms with Gasteiger partial charge in [0, 0.05) is 49.4 Å². The number of hydrogen-bond donors (Lipinski definition) is 0. The highest BCUT2D eigenvalue weighted by molar-refractivity contribution is 9.10. The molecule has 1 aliphatic rings. The first-order valence-electron chi connectivity index (χ1n) is 7.42. The summed E-state index contributed by atoms with van der Waals surface area (Å²) in [5.74, 6) is 0.160. The van der Waals surface area contributed by atoms with E-state index in [4.69, 9.17) is 0 Å². The minimum absolute atomic E-state index is 0.160. The van der Waals surface area contributed by atoms with Gasteiger partial charge in [0.05, 0.1) is 0 Å². The number of halogens is 1. The van der Waals surface area contributed by atoms with E-state index >= 15 is 0 Å². The highest BCUT2D eigenvalue weighted by Crippen LogP contribution is 2.18. The Hall–Kier alpha value is -0.810. The van der Waals surface area contributed by atoms with Crippen LogP contribution >= 0.6 is 15.9 Å². The second-order valence-electron chi connectivity index (χ2n) is 5.66. The summed E-state index contributed by atoms with van der Waals surface area (Å²) in [4.78, 5) is 17.1. The monoisotopic (exact) mass is 341 g/mol. The van der Waals surface area contributed by atoms with E-state index in [1.54, 1.807) is 0 Å². The maximum atomic E-state index is 12.7. The Balaban J connectivity index is 2.05. The standard InChI is InChI=1S/C15H24BrN3O/c1-4-5-19-11-13(16)10-14(19)15(20)18-8-6-17(7-9-18)12(2)3/h10-12H,4-9H2,1-3H3. The lowest BCUT2D eigenvalue weighted by atomic mass is 10.2. The zero-order chi connectivity index (χ0) is 14.7. The van der Waals surface area contributed by atoms with Crippen molar-refractivity contribution in [3.8, 4) is 0 Å². The van der Waals surface area contributed by atoms with Crippen molar-refractivity contribution in [2.75, 3.05) is 26.2 Å². The van der Waals surface area contributed by atoms with Crippen LogP contribution in [-0.4, -0.2) is 52.5 Å². The summed E-state index contributed by atoms with van der Waals surface area (Å²) in [6, 6.07) is 2.50. The molecule has 1 saturated heterocycles. The van der Waals surface area contributed by atoms with Gasteiger partial charge in [-0.1, -0.05) is 6.92 Å². The van der Waals surface area contributed by atoms with Crippen LogP contribution in [0.15, 0.2) is 16.7 Å². The molecule has 1 fully saturated rings. The molecule has 5 heteroatoms. The molecule has 0 aliphatic carbocycles. The second kappa shape index (κ2) is 6.76. The SMILES string of the molecule is CCCn1cc(Br)cc1C(=O)N1CCN(C(C)C)CC1. The van der Waals surface area contributed by atoms with Crippen LogP contribution in [0.4, 0.5) is 0 Å². The number of nitrogens with zero attached hydrogens (tertiary/aromatic N) is 3. The third kappa shape index (κ3) is 3.44. The molecule has 0 unspecified atom stereocenters. The van der Waals surface area contributed by atoms with Crippen molar-refractivity contribution in [3.05, 3.63) is 22.4 Å². The quantitative estimate of drug-likeness (QED) is 0.842. The van der Waals surface area contributed by atoms with Crippen LogP contribution in [-0.2, 0) is 6.54 Å². The van der Waals surface area contributed by atoms with Gasteiger partial charge in [-0.25, -0.2) is 0 Å². The molecule has 1 aromatic heterocycles. The van der Waals surface area contributed by atoms with Crippen molar-refractivity contribution in [2.45, 2.75) is 39.8 Å². The Kier molecular flexibility index (Phi) is 5.27. The fourth-order valence-electron chi connectivity index (χ4n) is 2.68. The topological polar surface area (TPSA) is 28.5 Å². The highest BCUT2D eigenvalue weighted by Gasteiger charge is 2.25. The molecule has 0 bridgehead atoms. The lowest BCUT2D eigenvalue weighted by molar-refractivity contribution is 0.0585. The van der Waals surface area contributed by atoms with Crippen LogP contribution in [0.3, 0.4) is 0 Å². The van der Waals surface area contributed by atoms with Gasteiger partial charge in [0.1, 0.15) is 5.69 Å². The van der Waals surface area contributed by atoms with E-state index in [1.807, 2.05) is 17.2 Å². The molecular weight excluding hydrogens is 318 g/mol. The molecule has 2 heterocycles. The smallest absolute Gasteiger partial charge is 0.270 e. The molecular formula is C15H24BrN3O. The number of aryl methyl sites for hydroxylation is 1. The zero-order valence-electron chi connectivity index (χ0n) is 12.6. The van der Waals surface area contributed by atoms with E-state index in [9.17, 15) is 4.79 Å². The first-order valence-corrected chi connectivity index (χ1v) is 8.21. The minimum Gasteiger partial charge on any atom is -0.342 e. The Bertz CT molecular complexity index is 462. The number of hydrogen-bond acceptors (Lipinski definition) is 2. The molecule has 1 aliphatic heterocycles. The van der Waals surface area contributed by atoms with Crippen LogP contribution < -0.4 is 0 Å². The molecule has 0 atom stereocenters. The van der Waals surface area contributed by atoms with Gasteiger partial charge in [0.2, 0.25) is 0 Å². The van der Waals surface area contributed by atoms with Crippen molar-refractivity contribution >= 4 is 21.8 Å². The van der Waals surface area contributed by atoms with Gasteiger partial charge in [-0.3, -0.25) is 9.69 Å².